The number of thiocarbonyl (C=S) groups is 1. The first-order valence-electron chi connectivity index (χ1n) is 7.33. The molecule has 0 amide bonds. The molecule has 6 nitrogen and oxygen atoms in total. The molecule has 0 bridgehead atoms. The lowest BCUT2D eigenvalue weighted by molar-refractivity contribution is -0.144. The second-order valence-corrected chi connectivity index (χ2v) is 8.89. The first-order valence-corrected chi connectivity index (χ1v) is 9.45. The van der Waals surface area contributed by atoms with Gasteiger partial charge in [-0.15, -0.1) is 0 Å². The molecule has 0 radical (unpaired) electrons. The topological polar surface area (TPSA) is 80.8 Å². The molecule has 2 aliphatic rings. The standard InChI is InChI=1S/C14H21NO5S2/c1-9(16)5-13(21)15-7-11(6-12(15)14(17)20-2)22(18,19)8-10-3-4-10/h10-12H,3-8H2,1-2H3/t11-,12?/m1/s1. The zero-order valence-electron chi connectivity index (χ0n) is 12.8. The number of ketones is 1. The summed E-state index contributed by atoms with van der Waals surface area (Å²) in [6.45, 7) is 1.58. The molecule has 1 aliphatic carbocycles. The molecule has 0 aromatic heterocycles. The molecular weight excluding hydrogens is 326 g/mol. The van der Waals surface area contributed by atoms with Crippen LogP contribution in [-0.2, 0) is 24.2 Å². The number of hydrogen-bond donors (Lipinski definition) is 0. The van der Waals surface area contributed by atoms with Crippen LogP contribution in [0.4, 0.5) is 0 Å². The van der Waals surface area contributed by atoms with Crippen molar-refractivity contribution in [2.75, 3.05) is 19.4 Å². The Morgan fingerprint density at radius 3 is 2.45 bits per heavy atom. The van der Waals surface area contributed by atoms with Crippen molar-refractivity contribution in [3.05, 3.63) is 0 Å². The molecule has 0 aromatic carbocycles. The Bertz CT molecular complexity index is 582. The second-order valence-electron chi connectivity index (χ2n) is 6.09. The summed E-state index contributed by atoms with van der Waals surface area (Å²) in [6.07, 6.45) is 2.13. The van der Waals surface area contributed by atoms with Gasteiger partial charge < -0.3 is 9.64 Å². The van der Waals surface area contributed by atoms with Crippen LogP contribution in [0.15, 0.2) is 0 Å². The average molecular weight is 347 g/mol. The Morgan fingerprint density at radius 1 is 1.32 bits per heavy atom. The summed E-state index contributed by atoms with van der Waals surface area (Å²) in [5, 5.41) is -0.623. The lowest BCUT2D eigenvalue weighted by atomic mass is 10.2. The van der Waals surface area contributed by atoms with Gasteiger partial charge in [-0.2, -0.15) is 0 Å². The van der Waals surface area contributed by atoms with Crippen LogP contribution in [0.25, 0.3) is 0 Å². The van der Waals surface area contributed by atoms with E-state index in [0.29, 0.717) is 4.99 Å². The fourth-order valence-electron chi connectivity index (χ4n) is 2.76. The number of carbonyl (C=O) groups excluding carboxylic acids is 2. The van der Waals surface area contributed by atoms with Crippen LogP contribution in [0.3, 0.4) is 0 Å². The fourth-order valence-corrected chi connectivity index (χ4v) is 5.29. The van der Waals surface area contributed by atoms with Crippen molar-refractivity contribution in [2.45, 2.75) is 43.9 Å². The molecular formula is C14H21NO5S2. The Hall–Kier alpha value is -1.02. The van der Waals surface area contributed by atoms with Gasteiger partial charge in [-0.3, -0.25) is 4.79 Å². The van der Waals surface area contributed by atoms with E-state index >= 15 is 0 Å². The molecule has 0 aromatic rings. The summed E-state index contributed by atoms with van der Waals surface area (Å²) in [5.74, 6) is -0.175. The largest absolute Gasteiger partial charge is 0.467 e. The summed E-state index contributed by atoms with van der Waals surface area (Å²) in [6, 6.07) is -0.712. The maximum absolute atomic E-state index is 12.4. The molecule has 1 unspecified atom stereocenters. The Balaban J connectivity index is 2.14. The molecule has 1 heterocycles. The van der Waals surface area contributed by atoms with Crippen molar-refractivity contribution < 1.29 is 22.7 Å². The van der Waals surface area contributed by atoms with Gasteiger partial charge in [0.15, 0.2) is 9.84 Å². The van der Waals surface area contributed by atoms with E-state index in [-0.39, 0.29) is 36.8 Å². The van der Waals surface area contributed by atoms with Gasteiger partial charge in [-0.05, 0) is 32.1 Å². The molecule has 8 heteroatoms. The predicted molar refractivity (Wildman–Crippen MR) is 85.3 cm³/mol. The zero-order chi connectivity index (χ0) is 16.5. The minimum absolute atomic E-state index is 0.0399. The average Bonchev–Trinajstić information content (AvgIpc) is 3.09. The number of carbonyl (C=O) groups is 2. The van der Waals surface area contributed by atoms with E-state index in [9.17, 15) is 18.0 Å². The van der Waals surface area contributed by atoms with Crippen LogP contribution in [0.5, 0.6) is 0 Å². The Labute approximate surface area is 136 Å². The third kappa shape index (κ3) is 4.04. The quantitative estimate of drug-likeness (QED) is 0.518. The van der Waals surface area contributed by atoms with Gasteiger partial charge in [0, 0.05) is 6.54 Å². The highest BCUT2D eigenvalue weighted by molar-refractivity contribution is 7.92. The number of Topliss-reactive ketones (excluding diaryl/α,β-unsaturated/α-hetero) is 1. The lowest BCUT2D eigenvalue weighted by Crippen LogP contribution is -2.41. The van der Waals surface area contributed by atoms with Gasteiger partial charge >= 0.3 is 5.97 Å². The number of methoxy groups -OCH3 is 1. The van der Waals surface area contributed by atoms with Crippen LogP contribution in [0.1, 0.15) is 32.6 Å². The van der Waals surface area contributed by atoms with Gasteiger partial charge in [0.2, 0.25) is 0 Å². The van der Waals surface area contributed by atoms with E-state index in [1.54, 1.807) is 4.90 Å². The number of nitrogens with zero attached hydrogens (tertiary/aromatic N) is 1. The third-order valence-corrected chi connectivity index (χ3v) is 6.80. The number of rotatable bonds is 6. The molecule has 2 fully saturated rings. The highest BCUT2D eigenvalue weighted by atomic mass is 32.2. The van der Waals surface area contributed by atoms with Gasteiger partial charge in [-0.25, -0.2) is 13.2 Å². The van der Waals surface area contributed by atoms with Crippen LogP contribution >= 0.6 is 12.2 Å². The fraction of sp³-hybridized carbons (Fsp3) is 0.786. The first kappa shape index (κ1) is 17.3. The summed E-state index contributed by atoms with van der Waals surface area (Å²) in [5.41, 5.74) is 0. The Morgan fingerprint density at radius 2 is 1.95 bits per heavy atom. The van der Waals surface area contributed by atoms with Crippen molar-refractivity contribution in [1.82, 2.24) is 4.90 Å². The van der Waals surface area contributed by atoms with E-state index in [4.69, 9.17) is 17.0 Å². The first-order chi connectivity index (χ1) is 10.2. The van der Waals surface area contributed by atoms with Crippen molar-refractivity contribution in [2.24, 2.45) is 5.92 Å². The maximum atomic E-state index is 12.4. The number of esters is 1. The normalized spacial score (nSPS) is 25.1. The molecule has 0 N–H and O–H groups in total. The molecule has 1 saturated carbocycles. The minimum atomic E-state index is -3.26. The maximum Gasteiger partial charge on any atom is 0.328 e. The van der Waals surface area contributed by atoms with E-state index in [2.05, 4.69) is 0 Å². The van der Waals surface area contributed by atoms with Gasteiger partial charge in [-0.1, -0.05) is 12.2 Å². The summed E-state index contributed by atoms with van der Waals surface area (Å²) in [7, 11) is -2.00. The number of sulfone groups is 1. The minimum Gasteiger partial charge on any atom is -0.467 e. The SMILES string of the molecule is COC(=O)C1C[C@@H](S(=O)(=O)CC2CC2)CN1C(=S)CC(C)=O. The van der Waals surface area contributed by atoms with E-state index in [0.717, 1.165) is 12.8 Å². The van der Waals surface area contributed by atoms with Crippen molar-refractivity contribution in [3.63, 3.8) is 0 Å². The molecule has 2 rings (SSSR count). The van der Waals surface area contributed by atoms with Crippen LogP contribution in [-0.4, -0.2) is 60.8 Å². The summed E-state index contributed by atoms with van der Waals surface area (Å²) < 4.78 is 29.6. The van der Waals surface area contributed by atoms with E-state index < -0.39 is 27.1 Å². The van der Waals surface area contributed by atoms with Crippen molar-refractivity contribution in [1.29, 1.82) is 0 Å². The van der Waals surface area contributed by atoms with Crippen molar-refractivity contribution >= 4 is 38.8 Å². The van der Waals surface area contributed by atoms with Crippen LogP contribution in [0.2, 0.25) is 0 Å². The Kier molecular flexibility index (Phi) is 5.21. The van der Waals surface area contributed by atoms with Gasteiger partial charge in [0.25, 0.3) is 0 Å². The van der Waals surface area contributed by atoms with Gasteiger partial charge in [0.1, 0.15) is 11.8 Å². The lowest BCUT2D eigenvalue weighted by Gasteiger charge is -2.24. The highest BCUT2D eigenvalue weighted by Gasteiger charge is 2.45. The zero-order valence-corrected chi connectivity index (χ0v) is 14.4. The number of hydrogen-bond acceptors (Lipinski definition) is 6. The highest BCUT2D eigenvalue weighted by Crippen LogP contribution is 2.34. The van der Waals surface area contributed by atoms with E-state index in [1.165, 1.54) is 14.0 Å². The molecule has 2 atom stereocenters. The molecule has 1 saturated heterocycles. The summed E-state index contributed by atoms with van der Waals surface area (Å²) >= 11 is 5.21. The van der Waals surface area contributed by atoms with Crippen LogP contribution in [0, 0.1) is 5.92 Å². The second kappa shape index (κ2) is 6.62. The van der Waals surface area contributed by atoms with Crippen molar-refractivity contribution in [3.8, 4) is 0 Å². The third-order valence-electron chi connectivity index (χ3n) is 4.13. The molecule has 1 aliphatic heterocycles. The van der Waals surface area contributed by atoms with Gasteiger partial charge in [0.05, 0.1) is 29.5 Å². The van der Waals surface area contributed by atoms with E-state index in [1.807, 2.05) is 0 Å². The predicted octanol–water partition coefficient (Wildman–Crippen LogP) is 0.734. The number of ether oxygens (including phenoxy) is 1. The van der Waals surface area contributed by atoms with Crippen LogP contribution < -0.4 is 0 Å². The molecule has 22 heavy (non-hydrogen) atoms. The number of likely N-dealkylation sites (tertiary alicyclic amines) is 1. The smallest absolute Gasteiger partial charge is 0.328 e. The monoisotopic (exact) mass is 347 g/mol. The summed E-state index contributed by atoms with van der Waals surface area (Å²) in [4.78, 5) is 25.0. The molecule has 0 spiro atoms. The molecule has 124 valence electrons.